The first kappa shape index (κ1) is 16.5. The van der Waals surface area contributed by atoms with Crippen LogP contribution in [0.3, 0.4) is 0 Å². The van der Waals surface area contributed by atoms with Crippen molar-refractivity contribution in [3.63, 3.8) is 0 Å². The summed E-state index contributed by atoms with van der Waals surface area (Å²) in [5.41, 5.74) is 0.189. The molecule has 0 rings (SSSR count). The van der Waals surface area contributed by atoms with Gasteiger partial charge in [-0.3, -0.25) is 0 Å². The highest BCUT2D eigenvalue weighted by molar-refractivity contribution is 6.76. The molecule has 0 radical (unpaired) electrons. The molecule has 17 heavy (non-hydrogen) atoms. The van der Waals surface area contributed by atoms with Crippen LogP contribution in [0.1, 0.15) is 13.8 Å². The Hall–Kier alpha value is -0.526. The Morgan fingerprint density at radius 2 is 1.41 bits per heavy atom. The molecule has 100 valence electrons. The van der Waals surface area contributed by atoms with Crippen LogP contribution in [0.5, 0.6) is 0 Å². The molecule has 0 amide bonds. The van der Waals surface area contributed by atoms with Crippen LogP contribution in [0, 0.1) is 0 Å². The van der Waals surface area contributed by atoms with Gasteiger partial charge >= 0.3 is 0 Å². The first-order valence-corrected chi connectivity index (χ1v) is 11.9. The lowest BCUT2D eigenvalue weighted by atomic mass is 10.8. The van der Waals surface area contributed by atoms with Gasteiger partial charge in [-0.2, -0.15) is 0 Å². The zero-order chi connectivity index (χ0) is 13.7. The van der Waals surface area contributed by atoms with Crippen molar-refractivity contribution in [3.05, 3.63) is 25.7 Å². The maximum absolute atomic E-state index is 6.22. The Bertz CT molecular complexity index is 264. The summed E-state index contributed by atoms with van der Waals surface area (Å²) in [7, 11) is -3.77. The van der Waals surface area contributed by atoms with Crippen LogP contribution < -0.4 is 0 Å². The van der Waals surface area contributed by atoms with Crippen LogP contribution in [-0.4, -0.2) is 28.1 Å². The highest BCUT2D eigenvalue weighted by Crippen LogP contribution is 2.22. The Morgan fingerprint density at radius 1 is 0.882 bits per heavy atom. The average molecular weight is 275 g/mol. The van der Waals surface area contributed by atoms with Gasteiger partial charge in [-0.05, 0) is 40.0 Å². The summed E-state index contributed by atoms with van der Waals surface area (Å²) in [6, 6.07) is 0. The number of hydrogen-bond acceptors (Lipinski definition) is 3. The van der Waals surface area contributed by atoms with E-state index in [1.807, 2.05) is 6.92 Å². The summed E-state index contributed by atoms with van der Waals surface area (Å²) in [5.74, 6) is 0. The SMILES string of the molecule is C=CO[C@H](C)[Si](C)(C)OC(C)[Si](C)(C)OC=C. The van der Waals surface area contributed by atoms with E-state index in [2.05, 4.69) is 46.3 Å². The van der Waals surface area contributed by atoms with E-state index in [0.717, 1.165) is 0 Å². The molecule has 0 saturated carbocycles. The van der Waals surface area contributed by atoms with Gasteiger partial charge in [-0.15, -0.1) is 0 Å². The average Bonchev–Trinajstić information content (AvgIpc) is 2.17. The van der Waals surface area contributed by atoms with E-state index in [1.165, 1.54) is 12.5 Å². The molecule has 0 heterocycles. The summed E-state index contributed by atoms with van der Waals surface area (Å²) < 4.78 is 17.3. The Balaban J connectivity index is 4.59. The quantitative estimate of drug-likeness (QED) is 0.500. The van der Waals surface area contributed by atoms with Gasteiger partial charge in [0.05, 0.1) is 18.3 Å². The molecule has 0 aliphatic carbocycles. The largest absolute Gasteiger partial charge is 0.548 e. The maximum Gasteiger partial charge on any atom is 0.270 e. The van der Waals surface area contributed by atoms with Gasteiger partial charge in [-0.25, -0.2) is 0 Å². The topological polar surface area (TPSA) is 27.7 Å². The van der Waals surface area contributed by atoms with Crippen LogP contribution in [0.25, 0.3) is 0 Å². The highest BCUT2D eigenvalue weighted by atomic mass is 28.4. The molecule has 0 aliphatic heterocycles. The molecule has 0 bridgehead atoms. The van der Waals surface area contributed by atoms with Gasteiger partial charge < -0.3 is 13.6 Å². The molecule has 0 saturated heterocycles. The van der Waals surface area contributed by atoms with Crippen LogP contribution >= 0.6 is 0 Å². The number of hydrogen-bond donors (Lipinski definition) is 0. The molecular weight excluding hydrogens is 248 g/mol. The van der Waals surface area contributed by atoms with E-state index in [0.29, 0.717) is 0 Å². The van der Waals surface area contributed by atoms with E-state index in [9.17, 15) is 0 Å². The Kier molecular flexibility index (Phi) is 6.22. The molecule has 2 atom stereocenters. The zero-order valence-corrected chi connectivity index (χ0v) is 13.9. The van der Waals surface area contributed by atoms with Crippen LogP contribution in [0.4, 0.5) is 0 Å². The molecule has 0 fully saturated rings. The molecule has 1 unspecified atom stereocenters. The first-order chi connectivity index (χ1) is 7.67. The molecular formula is C12H26O3Si2. The molecule has 0 aromatic heterocycles. The van der Waals surface area contributed by atoms with Crippen LogP contribution in [-0.2, 0) is 13.6 Å². The van der Waals surface area contributed by atoms with Gasteiger partial charge in [0.2, 0.25) is 8.32 Å². The van der Waals surface area contributed by atoms with Crippen molar-refractivity contribution >= 4 is 16.6 Å². The Labute approximate surface area is 108 Å². The number of rotatable bonds is 8. The maximum atomic E-state index is 6.22. The summed E-state index contributed by atoms with van der Waals surface area (Å²) in [4.78, 5) is 0. The summed E-state index contributed by atoms with van der Waals surface area (Å²) in [6.07, 6.45) is 3.00. The van der Waals surface area contributed by atoms with Gasteiger partial charge in [0.25, 0.3) is 8.32 Å². The normalized spacial score (nSPS) is 15.9. The van der Waals surface area contributed by atoms with Gasteiger partial charge in [0.1, 0.15) is 5.73 Å². The summed E-state index contributed by atoms with van der Waals surface area (Å²) >= 11 is 0. The predicted molar refractivity (Wildman–Crippen MR) is 77.5 cm³/mol. The third-order valence-corrected chi connectivity index (χ3v) is 9.27. The zero-order valence-electron chi connectivity index (χ0n) is 11.9. The van der Waals surface area contributed by atoms with Crippen molar-refractivity contribution in [2.75, 3.05) is 0 Å². The van der Waals surface area contributed by atoms with Crippen molar-refractivity contribution in [3.8, 4) is 0 Å². The van der Waals surface area contributed by atoms with E-state index in [-0.39, 0.29) is 11.5 Å². The van der Waals surface area contributed by atoms with E-state index in [1.54, 1.807) is 0 Å². The van der Waals surface area contributed by atoms with Gasteiger partial charge in [-0.1, -0.05) is 13.2 Å². The van der Waals surface area contributed by atoms with E-state index in [4.69, 9.17) is 13.6 Å². The molecule has 3 nitrogen and oxygen atoms in total. The van der Waals surface area contributed by atoms with Gasteiger partial charge in [0, 0.05) is 0 Å². The number of ether oxygens (including phenoxy) is 1. The third-order valence-electron chi connectivity index (χ3n) is 3.13. The van der Waals surface area contributed by atoms with Crippen molar-refractivity contribution in [2.24, 2.45) is 0 Å². The lowest BCUT2D eigenvalue weighted by Crippen LogP contribution is -2.53. The van der Waals surface area contributed by atoms with E-state index < -0.39 is 16.6 Å². The Morgan fingerprint density at radius 3 is 1.82 bits per heavy atom. The minimum absolute atomic E-state index is 0.0796. The minimum atomic E-state index is -1.90. The van der Waals surface area contributed by atoms with Crippen LogP contribution in [0.15, 0.2) is 25.7 Å². The third kappa shape index (κ3) is 5.10. The highest BCUT2D eigenvalue weighted by Gasteiger charge is 2.40. The smallest absolute Gasteiger partial charge is 0.270 e. The van der Waals surface area contributed by atoms with Gasteiger partial charge in [0.15, 0.2) is 0 Å². The van der Waals surface area contributed by atoms with Crippen molar-refractivity contribution < 1.29 is 13.6 Å². The lowest BCUT2D eigenvalue weighted by molar-refractivity contribution is 0.168. The second-order valence-electron chi connectivity index (χ2n) is 5.20. The lowest BCUT2D eigenvalue weighted by Gasteiger charge is -2.37. The standard InChI is InChI=1S/C12H26O3Si2/c1-9-13-11(3)17(7,8)15-12(4)16(5,6)14-10-2/h9-12H,1-2H2,3-8H3/t11-,12?/m0/s1. The predicted octanol–water partition coefficient (Wildman–Crippen LogP) is 3.59. The first-order valence-electron chi connectivity index (χ1n) is 5.90. The molecule has 0 aromatic carbocycles. The summed E-state index contributed by atoms with van der Waals surface area (Å²) in [5, 5.41) is 0. The molecule has 0 aliphatic rings. The second-order valence-corrected chi connectivity index (χ2v) is 13.7. The minimum Gasteiger partial charge on any atom is -0.548 e. The van der Waals surface area contributed by atoms with Crippen molar-refractivity contribution in [1.82, 2.24) is 0 Å². The van der Waals surface area contributed by atoms with Crippen molar-refractivity contribution in [1.29, 1.82) is 0 Å². The van der Waals surface area contributed by atoms with Crippen molar-refractivity contribution in [2.45, 2.75) is 51.5 Å². The second kappa shape index (κ2) is 6.42. The molecule has 0 spiro atoms. The van der Waals surface area contributed by atoms with E-state index >= 15 is 0 Å². The summed E-state index contributed by atoms with van der Waals surface area (Å²) in [6.45, 7) is 19.9. The molecule has 5 heteroatoms. The monoisotopic (exact) mass is 274 g/mol. The fourth-order valence-corrected chi connectivity index (χ4v) is 5.51. The fraction of sp³-hybridized carbons (Fsp3) is 0.667. The molecule has 0 aromatic rings. The molecule has 0 N–H and O–H groups in total. The van der Waals surface area contributed by atoms with Crippen LogP contribution in [0.2, 0.25) is 26.2 Å². The fourth-order valence-electron chi connectivity index (χ4n) is 1.31.